The molecule has 1 aromatic rings. The Morgan fingerprint density at radius 3 is 3.00 bits per heavy atom. The van der Waals surface area contributed by atoms with Crippen LogP contribution < -0.4 is 0 Å². The summed E-state index contributed by atoms with van der Waals surface area (Å²) in [5, 5.41) is 9.94. The first-order chi connectivity index (χ1) is 7.68. The molecule has 1 heterocycles. The van der Waals surface area contributed by atoms with Crippen LogP contribution in [-0.4, -0.2) is 22.6 Å². The molecule has 1 atom stereocenters. The highest BCUT2D eigenvalue weighted by Crippen LogP contribution is 2.29. The smallest absolute Gasteiger partial charge is 0.134 e. The van der Waals surface area contributed by atoms with Crippen LogP contribution in [0.5, 0.6) is 5.75 Å². The van der Waals surface area contributed by atoms with Crippen LogP contribution in [0, 0.1) is 0 Å². The maximum atomic E-state index is 9.94. The summed E-state index contributed by atoms with van der Waals surface area (Å²) in [7, 11) is 0. The van der Waals surface area contributed by atoms with E-state index in [1.807, 2.05) is 18.2 Å². The van der Waals surface area contributed by atoms with E-state index in [0.29, 0.717) is 11.8 Å². The number of halogens is 1. The van der Waals surface area contributed by atoms with Crippen molar-refractivity contribution in [2.75, 3.05) is 6.54 Å². The van der Waals surface area contributed by atoms with Crippen molar-refractivity contribution in [3.8, 4) is 5.75 Å². The number of nitrogens with zero attached hydrogens (tertiary/aromatic N) is 1. The van der Waals surface area contributed by atoms with E-state index >= 15 is 0 Å². The average Bonchev–Trinajstić information content (AvgIpc) is 2.28. The third kappa shape index (κ3) is 2.58. The number of phenols is 1. The number of phenolic OH excluding ortho intramolecular Hbond substituents is 1. The monoisotopic (exact) mass is 283 g/mol. The second-order valence-electron chi connectivity index (χ2n) is 4.56. The van der Waals surface area contributed by atoms with Gasteiger partial charge in [-0.3, -0.25) is 4.90 Å². The van der Waals surface area contributed by atoms with E-state index in [-0.39, 0.29) is 0 Å². The highest BCUT2D eigenvalue weighted by atomic mass is 79.9. The predicted octanol–water partition coefficient (Wildman–Crippen LogP) is 3.53. The zero-order valence-electron chi connectivity index (χ0n) is 9.62. The maximum absolute atomic E-state index is 9.94. The molecule has 1 unspecified atom stereocenters. The topological polar surface area (TPSA) is 23.5 Å². The molecule has 0 aromatic heterocycles. The number of hydrogen-bond acceptors (Lipinski definition) is 2. The molecule has 1 aromatic carbocycles. The summed E-state index contributed by atoms with van der Waals surface area (Å²) in [4.78, 5) is 2.45. The van der Waals surface area contributed by atoms with Crippen molar-refractivity contribution in [1.82, 2.24) is 4.90 Å². The van der Waals surface area contributed by atoms with Crippen molar-refractivity contribution in [3.63, 3.8) is 0 Å². The molecular weight excluding hydrogens is 266 g/mol. The van der Waals surface area contributed by atoms with Gasteiger partial charge in [-0.05, 0) is 48.3 Å². The van der Waals surface area contributed by atoms with Gasteiger partial charge in [-0.15, -0.1) is 0 Å². The van der Waals surface area contributed by atoms with E-state index in [2.05, 4.69) is 27.8 Å². The Kier molecular flexibility index (Phi) is 3.87. The molecule has 1 aliphatic heterocycles. The van der Waals surface area contributed by atoms with Gasteiger partial charge in [0.2, 0.25) is 0 Å². The van der Waals surface area contributed by atoms with Crippen LogP contribution in [0.3, 0.4) is 0 Å². The van der Waals surface area contributed by atoms with Gasteiger partial charge in [0.1, 0.15) is 5.75 Å². The second kappa shape index (κ2) is 5.19. The molecule has 1 N–H and O–H groups in total. The highest BCUT2D eigenvalue weighted by molar-refractivity contribution is 9.10. The first kappa shape index (κ1) is 11.9. The standard InChI is InChI=1S/C13H18BrNO/c1-10-5-2-3-8-15(10)9-11-6-4-7-12(14)13(11)16/h4,6-7,10,16H,2-3,5,8-9H2,1H3. The fraction of sp³-hybridized carbons (Fsp3) is 0.538. The van der Waals surface area contributed by atoms with Crippen molar-refractivity contribution in [2.24, 2.45) is 0 Å². The van der Waals surface area contributed by atoms with Crippen molar-refractivity contribution in [1.29, 1.82) is 0 Å². The molecule has 1 saturated heterocycles. The Hall–Kier alpha value is -0.540. The van der Waals surface area contributed by atoms with E-state index in [1.165, 1.54) is 19.3 Å². The minimum absolute atomic E-state index is 0.389. The number of aromatic hydroxyl groups is 1. The molecule has 16 heavy (non-hydrogen) atoms. The number of benzene rings is 1. The van der Waals surface area contributed by atoms with Gasteiger partial charge in [-0.1, -0.05) is 18.6 Å². The molecule has 2 rings (SSSR count). The fourth-order valence-corrected chi connectivity index (χ4v) is 2.71. The van der Waals surface area contributed by atoms with Crippen LogP contribution in [0.1, 0.15) is 31.7 Å². The summed E-state index contributed by atoms with van der Waals surface area (Å²) in [6, 6.07) is 6.49. The molecule has 0 saturated carbocycles. The van der Waals surface area contributed by atoms with Gasteiger partial charge < -0.3 is 5.11 Å². The summed E-state index contributed by atoms with van der Waals surface area (Å²) < 4.78 is 0.787. The lowest BCUT2D eigenvalue weighted by Crippen LogP contribution is -2.36. The quantitative estimate of drug-likeness (QED) is 0.898. The number of likely N-dealkylation sites (tertiary alicyclic amines) is 1. The summed E-state index contributed by atoms with van der Waals surface area (Å²) in [6.07, 6.45) is 3.88. The van der Waals surface area contributed by atoms with E-state index in [9.17, 15) is 5.11 Å². The van der Waals surface area contributed by atoms with Gasteiger partial charge in [0, 0.05) is 18.2 Å². The van der Waals surface area contributed by atoms with Crippen molar-refractivity contribution in [3.05, 3.63) is 28.2 Å². The summed E-state index contributed by atoms with van der Waals surface area (Å²) >= 11 is 3.36. The number of hydrogen-bond donors (Lipinski definition) is 1. The Morgan fingerprint density at radius 2 is 2.25 bits per heavy atom. The van der Waals surface area contributed by atoms with E-state index in [1.54, 1.807) is 0 Å². The van der Waals surface area contributed by atoms with Crippen LogP contribution in [0.2, 0.25) is 0 Å². The van der Waals surface area contributed by atoms with Gasteiger partial charge in [0.05, 0.1) is 4.47 Å². The van der Waals surface area contributed by atoms with Crippen molar-refractivity contribution in [2.45, 2.75) is 38.8 Å². The highest BCUT2D eigenvalue weighted by Gasteiger charge is 2.19. The van der Waals surface area contributed by atoms with Crippen LogP contribution in [0.15, 0.2) is 22.7 Å². The van der Waals surface area contributed by atoms with Gasteiger partial charge >= 0.3 is 0 Å². The lowest BCUT2D eigenvalue weighted by Gasteiger charge is -2.33. The van der Waals surface area contributed by atoms with Gasteiger partial charge in [0.25, 0.3) is 0 Å². The van der Waals surface area contributed by atoms with E-state index in [4.69, 9.17) is 0 Å². The van der Waals surface area contributed by atoms with Crippen LogP contribution in [0.25, 0.3) is 0 Å². The van der Waals surface area contributed by atoms with Crippen LogP contribution in [0.4, 0.5) is 0 Å². The Morgan fingerprint density at radius 1 is 1.44 bits per heavy atom. The Labute approximate surface area is 105 Å². The van der Waals surface area contributed by atoms with Crippen LogP contribution >= 0.6 is 15.9 Å². The first-order valence-corrected chi connectivity index (χ1v) is 6.68. The molecule has 3 heteroatoms. The SMILES string of the molecule is CC1CCCCN1Cc1cccc(Br)c1O. The predicted molar refractivity (Wildman–Crippen MR) is 69.5 cm³/mol. The molecule has 1 fully saturated rings. The average molecular weight is 284 g/mol. The maximum Gasteiger partial charge on any atom is 0.134 e. The molecule has 0 radical (unpaired) electrons. The minimum Gasteiger partial charge on any atom is -0.506 e. The summed E-state index contributed by atoms with van der Waals surface area (Å²) in [5.41, 5.74) is 1.02. The first-order valence-electron chi connectivity index (χ1n) is 5.89. The molecule has 0 amide bonds. The van der Waals surface area contributed by atoms with Crippen molar-refractivity contribution >= 4 is 15.9 Å². The molecule has 0 aliphatic carbocycles. The van der Waals surface area contributed by atoms with Gasteiger partial charge in [-0.25, -0.2) is 0 Å². The number of rotatable bonds is 2. The third-order valence-corrected chi connectivity index (χ3v) is 4.02. The fourth-order valence-electron chi connectivity index (χ4n) is 2.30. The van der Waals surface area contributed by atoms with E-state index in [0.717, 1.165) is 23.1 Å². The van der Waals surface area contributed by atoms with Crippen molar-refractivity contribution < 1.29 is 5.11 Å². The van der Waals surface area contributed by atoms with Crippen LogP contribution in [-0.2, 0) is 6.54 Å². The second-order valence-corrected chi connectivity index (χ2v) is 5.42. The summed E-state index contributed by atoms with van der Waals surface area (Å²) in [6.45, 7) is 4.27. The van der Waals surface area contributed by atoms with E-state index < -0.39 is 0 Å². The lowest BCUT2D eigenvalue weighted by atomic mass is 10.0. The molecule has 2 nitrogen and oxygen atoms in total. The zero-order valence-corrected chi connectivity index (χ0v) is 11.2. The molecule has 0 spiro atoms. The molecule has 88 valence electrons. The molecule has 0 bridgehead atoms. The molecular formula is C13H18BrNO. The van der Waals surface area contributed by atoms with Gasteiger partial charge in [-0.2, -0.15) is 0 Å². The van der Waals surface area contributed by atoms with Gasteiger partial charge in [0.15, 0.2) is 0 Å². The lowest BCUT2D eigenvalue weighted by molar-refractivity contribution is 0.151. The number of piperidine rings is 1. The minimum atomic E-state index is 0.389. The normalized spacial score (nSPS) is 22.2. The third-order valence-electron chi connectivity index (χ3n) is 3.38. The molecule has 1 aliphatic rings. The number of para-hydroxylation sites is 1. The zero-order chi connectivity index (χ0) is 11.5. The Bertz CT molecular complexity index is 367. The largest absolute Gasteiger partial charge is 0.506 e. The Balaban J connectivity index is 2.10. The summed E-state index contributed by atoms with van der Waals surface area (Å²) in [5.74, 6) is 0.389.